The lowest BCUT2D eigenvalue weighted by Gasteiger charge is -2.51. The zero-order valence-electron chi connectivity index (χ0n) is 12.0. The summed E-state index contributed by atoms with van der Waals surface area (Å²) < 4.78 is 0. The summed E-state index contributed by atoms with van der Waals surface area (Å²) in [6, 6.07) is 6.35. The van der Waals surface area contributed by atoms with Gasteiger partial charge < -0.3 is 10.2 Å². The van der Waals surface area contributed by atoms with Crippen LogP contribution in [0.2, 0.25) is 5.02 Å². The number of hydrogen-bond acceptors (Lipinski definition) is 2. The van der Waals surface area contributed by atoms with Gasteiger partial charge in [-0.2, -0.15) is 0 Å². The molecule has 100 valence electrons. The number of nitrogens with one attached hydrogen (secondary N) is 1. The lowest BCUT2D eigenvalue weighted by Crippen LogP contribution is -2.66. The van der Waals surface area contributed by atoms with E-state index in [-0.39, 0.29) is 11.1 Å². The van der Waals surface area contributed by atoms with Crippen LogP contribution in [-0.4, -0.2) is 24.2 Å². The molecule has 2 rings (SSSR count). The third-order valence-corrected chi connectivity index (χ3v) is 4.16. The zero-order valence-corrected chi connectivity index (χ0v) is 12.7. The van der Waals surface area contributed by atoms with Gasteiger partial charge in [-0.15, -0.1) is 0 Å². The Morgan fingerprint density at radius 3 is 2.50 bits per heavy atom. The first-order chi connectivity index (χ1) is 8.21. The van der Waals surface area contributed by atoms with Crippen molar-refractivity contribution >= 4 is 17.3 Å². The first-order valence-electron chi connectivity index (χ1n) is 6.50. The van der Waals surface area contributed by atoms with Crippen molar-refractivity contribution in [3.05, 3.63) is 28.8 Å². The van der Waals surface area contributed by atoms with Crippen LogP contribution in [0, 0.1) is 6.92 Å². The van der Waals surface area contributed by atoms with E-state index in [0.29, 0.717) is 0 Å². The van der Waals surface area contributed by atoms with E-state index in [2.05, 4.69) is 56.1 Å². The SMILES string of the molecule is Cc1ccc(N2CC(C)(C)NCC2(C)C)cc1Cl. The predicted molar refractivity (Wildman–Crippen MR) is 79.7 cm³/mol. The van der Waals surface area contributed by atoms with Gasteiger partial charge in [0, 0.05) is 34.9 Å². The van der Waals surface area contributed by atoms with E-state index in [0.717, 1.165) is 23.7 Å². The molecular weight excluding hydrogens is 244 g/mol. The minimum Gasteiger partial charge on any atom is -0.363 e. The smallest absolute Gasteiger partial charge is 0.0471 e. The summed E-state index contributed by atoms with van der Waals surface area (Å²) in [7, 11) is 0. The van der Waals surface area contributed by atoms with Crippen LogP contribution in [0.25, 0.3) is 0 Å². The highest BCUT2D eigenvalue weighted by molar-refractivity contribution is 6.31. The lowest BCUT2D eigenvalue weighted by molar-refractivity contribution is 0.261. The van der Waals surface area contributed by atoms with Gasteiger partial charge in [0.15, 0.2) is 0 Å². The molecule has 0 bridgehead atoms. The third-order valence-electron chi connectivity index (χ3n) is 3.75. The Bertz CT molecular complexity index is 452. The van der Waals surface area contributed by atoms with Crippen LogP contribution in [-0.2, 0) is 0 Å². The maximum atomic E-state index is 6.25. The molecule has 0 unspecified atom stereocenters. The van der Waals surface area contributed by atoms with Crippen molar-refractivity contribution in [3.8, 4) is 0 Å². The summed E-state index contributed by atoms with van der Waals surface area (Å²) in [5.41, 5.74) is 2.58. The van der Waals surface area contributed by atoms with Crippen LogP contribution in [0.15, 0.2) is 18.2 Å². The summed E-state index contributed by atoms with van der Waals surface area (Å²) >= 11 is 6.25. The fourth-order valence-electron chi connectivity index (χ4n) is 2.41. The first-order valence-corrected chi connectivity index (χ1v) is 6.88. The number of halogens is 1. The molecule has 0 saturated carbocycles. The van der Waals surface area contributed by atoms with Gasteiger partial charge in [0.2, 0.25) is 0 Å². The number of benzene rings is 1. The van der Waals surface area contributed by atoms with Gasteiger partial charge in [-0.3, -0.25) is 0 Å². The molecule has 0 aromatic heterocycles. The molecule has 0 radical (unpaired) electrons. The zero-order chi connectivity index (χ0) is 13.6. The number of nitrogens with zero attached hydrogens (tertiary/aromatic N) is 1. The molecule has 18 heavy (non-hydrogen) atoms. The number of rotatable bonds is 1. The fourth-order valence-corrected chi connectivity index (χ4v) is 2.58. The Labute approximate surface area is 115 Å². The van der Waals surface area contributed by atoms with E-state index in [1.165, 1.54) is 5.69 Å². The van der Waals surface area contributed by atoms with Gasteiger partial charge in [-0.1, -0.05) is 17.7 Å². The average Bonchev–Trinajstić information content (AvgIpc) is 2.26. The van der Waals surface area contributed by atoms with Crippen LogP contribution in [0.1, 0.15) is 33.3 Å². The first kappa shape index (κ1) is 13.7. The summed E-state index contributed by atoms with van der Waals surface area (Å²) in [6.07, 6.45) is 0. The topological polar surface area (TPSA) is 15.3 Å². The van der Waals surface area contributed by atoms with Crippen molar-refractivity contribution in [2.45, 2.75) is 45.7 Å². The summed E-state index contributed by atoms with van der Waals surface area (Å²) in [6.45, 7) is 13.0. The van der Waals surface area contributed by atoms with Gasteiger partial charge in [-0.25, -0.2) is 0 Å². The molecule has 0 atom stereocenters. The largest absolute Gasteiger partial charge is 0.363 e. The molecule has 1 aromatic carbocycles. The highest BCUT2D eigenvalue weighted by Gasteiger charge is 2.37. The monoisotopic (exact) mass is 266 g/mol. The second-order valence-corrected chi connectivity index (χ2v) is 6.98. The quantitative estimate of drug-likeness (QED) is 0.835. The Hall–Kier alpha value is -0.730. The maximum absolute atomic E-state index is 6.25. The van der Waals surface area contributed by atoms with Gasteiger partial charge in [0.1, 0.15) is 0 Å². The molecule has 1 aliphatic heterocycles. The molecule has 0 amide bonds. The van der Waals surface area contributed by atoms with E-state index < -0.39 is 0 Å². The average molecular weight is 267 g/mol. The highest BCUT2D eigenvalue weighted by atomic mass is 35.5. The van der Waals surface area contributed by atoms with Crippen molar-refractivity contribution in [1.29, 1.82) is 0 Å². The highest BCUT2D eigenvalue weighted by Crippen LogP contribution is 2.32. The van der Waals surface area contributed by atoms with E-state index in [1.807, 2.05) is 6.92 Å². The van der Waals surface area contributed by atoms with Gasteiger partial charge >= 0.3 is 0 Å². The molecule has 1 fully saturated rings. The molecule has 1 heterocycles. The molecule has 1 saturated heterocycles. The molecule has 1 N–H and O–H groups in total. The Morgan fingerprint density at radius 1 is 1.22 bits per heavy atom. The van der Waals surface area contributed by atoms with Crippen molar-refractivity contribution in [3.63, 3.8) is 0 Å². The summed E-state index contributed by atoms with van der Waals surface area (Å²) in [5, 5.41) is 4.45. The van der Waals surface area contributed by atoms with Crippen LogP contribution in [0.5, 0.6) is 0 Å². The predicted octanol–water partition coefficient (Wildman–Crippen LogP) is 3.62. The van der Waals surface area contributed by atoms with Crippen molar-refractivity contribution in [2.75, 3.05) is 18.0 Å². The van der Waals surface area contributed by atoms with Crippen molar-refractivity contribution < 1.29 is 0 Å². The molecule has 3 heteroatoms. The standard InChI is InChI=1S/C15H23ClN2/c1-11-6-7-12(8-13(11)16)18-10-14(2,3)17-9-15(18,4)5/h6-8,17H,9-10H2,1-5H3. The minimum atomic E-state index is 0.105. The Morgan fingerprint density at radius 2 is 1.89 bits per heavy atom. The van der Waals surface area contributed by atoms with Gasteiger partial charge in [0.05, 0.1) is 0 Å². The van der Waals surface area contributed by atoms with Crippen LogP contribution in [0.3, 0.4) is 0 Å². The van der Waals surface area contributed by atoms with E-state index in [9.17, 15) is 0 Å². The van der Waals surface area contributed by atoms with Crippen molar-refractivity contribution in [2.24, 2.45) is 0 Å². The maximum Gasteiger partial charge on any atom is 0.0471 e. The normalized spacial score (nSPS) is 22.0. The third kappa shape index (κ3) is 2.65. The number of aryl methyl sites for hydroxylation is 1. The molecule has 1 aliphatic rings. The van der Waals surface area contributed by atoms with Gasteiger partial charge in [0.25, 0.3) is 0 Å². The molecule has 0 spiro atoms. The van der Waals surface area contributed by atoms with Crippen LogP contribution >= 0.6 is 11.6 Å². The second-order valence-electron chi connectivity index (χ2n) is 6.57. The summed E-state index contributed by atoms with van der Waals surface area (Å²) in [4.78, 5) is 2.45. The lowest BCUT2D eigenvalue weighted by atomic mass is 9.90. The summed E-state index contributed by atoms with van der Waals surface area (Å²) in [5.74, 6) is 0. The molecule has 1 aromatic rings. The van der Waals surface area contributed by atoms with Crippen LogP contribution < -0.4 is 10.2 Å². The van der Waals surface area contributed by atoms with E-state index in [1.54, 1.807) is 0 Å². The van der Waals surface area contributed by atoms with Crippen molar-refractivity contribution in [1.82, 2.24) is 5.32 Å². The number of piperazine rings is 1. The van der Waals surface area contributed by atoms with Gasteiger partial charge in [-0.05, 0) is 52.3 Å². The molecule has 2 nitrogen and oxygen atoms in total. The Balaban J connectivity index is 2.36. The van der Waals surface area contributed by atoms with Crippen LogP contribution in [0.4, 0.5) is 5.69 Å². The fraction of sp³-hybridized carbons (Fsp3) is 0.600. The van der Waals surface area contributed by atoms with E-state index in [4.69, 9.17) is 11.6 Å². The Kier molecular flexibility index (Phi) is 3.37. The number of hydrogen-bond donors (Lipinski definition) is 1. The molecule has 0 aliphatic carbocycles. The van der Waals surface area contributed by atoms with E-state index >= 15 is 0 Å². The second kappa shape index (κ2) is 4.43. The minimum absolute atomic E-state index is 0.105. The number of anilines is 1. The molecular formula is C15H23ClN2.